The van der Waals surface area contributed by atoms with E-state index in [1.165, 1.54) is 18.3 Å². The Kier molecular flexibility index (Phi) is 4.93. The van der Waals surface area contributed by atoms with Crippen LogP contribution < -0.4 is 5.32 Å². The van der Waals surface area contributed by atoms with Gasteiger partial charge < -0.3 is 15.5 Å². The van der Waals surface area contributed by atoms with Crippen LogP contribution in [0.4, 0.5) is 5.82 Å². The second-order valence-electron chi connectivity index (χ2n) is 4.01. The van der Waals surface area contributed by atoms with Crippen molar-refractivity contribution < 1.29 is 15.0 Å². The second kappa shape index (κ2) is 6.88. The molecule has 0 radical (unpaired) electrons. The molecule has 3 N–H and O–H groups in total. The summed E-state index contributed by atoms with van der Waals surface area (Å²) in [5, 5.41) is 21.0. The number of carbonyl (C=O) groups is 1. The van der Waals surface area contributed by atoms with Gasteiger partial charge in [-0.15, -0.1) is 0 Å². The third-order valence-electron chi connectivity index (χ3n) is 2.52. The lowest BCUT2D eigenvalue weighted by Crippen LogP contribution is -2.13. The predicted molar refractivity (Wildman–Crippen MR) is 82.0 cm³/mol. The first-order valence-corrected chi connectivity index (χ1v) is 6.75. The van der Waals surface area contributed by atoms with E-state index in [1.54, 1.807) is 18.2 Å². The number of rotatable bonds is 2. The summed E-state index contributed by atoms with van der Waals surface area (Å²) in [5.41, 5.74) is 0.765. The first-order chi connectivity index (χ1) is 10.1. The standard InChI is InChI=1S/C15H11BrN2O3/c16-11-3-4-12(13(20)9-11)15(21)18-14-8-10(2-1-7-19)5-6-17-14/h3-6,8-9,19-20H,7H2,(H,17,18,21). The maximum Gasteiger partial charge on any atom is 0.260 e. The molecule has 1 aromatic carbocycles. The molecule has 1 aromatic heterocycles. The molecule has 0 fully saturated rings. The highest BCUT2D eigenvalue weighted by Gasteiger charge is 2.12. The molecule has 0 aliphatic carbocycles. The molecule has 2 rings (SSSR count). The van der Waals surface area contributed by atoms with Crippen LogP contribution in [0.1, 0.15) is 15.9 Å². The number of pyridine rings is 1. The van der Waals surface area contributed by atoms with Crippen molar-refractivity contribution in [3.63, 3.8) is 0 Å². The van der Waals surface area contributed by atoms with E-state index >= 15 is 0 Å². The summed E-state index contributed by atoms with van der Waals surface area (Å²) >= 11 is 3.21. The third kappa shape index (κ3) is 4.05. The average molecular weight is 347 g/mol. The summed E-state index contributed by atoms with van der Waals surface area (Å²) in [7, 11) is 0. The quantitative estimate of drug-likeness (QED) is 0.727. The summed E-state index contributed by atoms with van der Waals surface area (Å²) < 4.78 is 0.677. The van der Waals surface area contributed by atoms with E-state index in [9.17, 15) is 9.90 Å². The Morgan fingerprint density at radius 2 is 2.14 bits per heavy atom. The van der Waals surface area contributed by atoms with Crippen molar-refractivity contribution in [2.45, 2.75) is 0 Å². The zero-order chi connectivity index (χ0) is 15.2. The third-order valence-corrected chi connectivity index (χ3v) is 3.01. The minimum Gasteiger partial charge on any atom is -0.507 e. The fourth-order valence-electron chi connectivity index (χ4n) is 1.60. The molecule has 0 spiro atoms. The summed E-state index contributed by atoms with van der Waals surface area (Å²) in [6, 6.07) is 7.84. The Labute approximate surface area is 129 Å². The van der Waals surface area contributed by atoms with Gasteiger partial charge in [0.1, 0.15) is 18.2 Å². The molecule has 1 amide bonds. The fourth-order valence-corrected chi connectivity index (χ4v) is 1.95. The van der Waals surface area contributed by atoms with E-state index in [4.69, 9.17) is 5.11 Å². The molecule has 0 unspecified atom stereocenters. The van der Waals surface area contributed by atoms with Crippen molar-refractivity contribution in [3.8, 4) is 17.6 Å². The Morgan fingerprint density at radius 1 is 1.33 bits per heavy atom. The van der Waals surface area contributed by atoms with E-state index in [0.717, 1.165) is 0 Å². The van der Waals surface area contributed by atoms with Crippen LogP contribution in [0.15, 0.2) is 41.0 Å². The summed E-state index contributed by atoms with van der Waals surface area (Å²) in [6.45, 7) is -0.239. The Hall–Kier alpha value is -2.36. The molecular weight excluding hydrogens is 336 g/mol. The first-order valence-electron chi connectivity index (χ1n) is 5.96. The number of aliphatic hydroxyl groups is 1. The van der Waals surface area contributed by atoms with E-state index in [-0.39, 0.29) is 17.9 Å². The number of anilines is 1. The lowest BCUT2D eigenvalue weighted by Gasteiger charge is -2.06. The van der Waals surface area contributed by atoms with Gasteiger partial charge >= 0.3 is 0 Å². The van der Waals surface area contributed by atoms with Crippen LogP contribution in [0, 0.1) is 11.8 Å². The van der Waals surface area contributed by atoms with Crippen molar-refractivity contribution in [2.75, 3.05) is 11.9 Å². The highest BCUT2D eigenvalue weighted by Crippen LogP contribution is 2.23. The maximum absolute atomic E-state index is 12.1. The first kappa shape index (κ1) is 15.0. The van der Waals surface area contributed by atoms with Gasteiger partial charge in [-0.3, -0.25) is 4.79 Å². The second-order valence-corrected chi connectivity index (χ2v) is 4.92. The molecule has 5 nitrogen and oxygen atoms in total. The number of nitrogens with zero attached hydrogens (tertiary/aromatic N) is 1. The zero-order valence-electron chi connectivity index (χ0n) is 10.8. The van der Waals surface area contributed by atoms with Crippen LogP contribution in [0.3, 0.4) is 0 Å². The molecular formula is C15H11BrN2O3. The Morgan fingerprint density at radius 3 is 2.86 bits per heavy atom. The van der Waals surface area contributed by atoms with Gasteiger partial charge in [0.15, 0.2) is 0 Å². The van der Waals surface area contributed by atoms with Gasteiger partial charge in [-0.1, -0.05) is 27.8 Å². The van der Waals surface area contributed by atoms with Crippen LogP contribution in [0.2, 0.25) is 0 Å². The number of phenols is 1. The van der Waals surface area contributed by atoms with Crippen molar-refractivity contribution in [1.82, 2.24) is 4.98 Å². The molecule has 0 saturated carbocycles. The van der Waals surface area contributed by atoms with Gasteiger partial charge in [-0.05, 0) is 30.3 Å². The summed E-state index contributed by atoms with van der Waals surface area (Å²) in [5.74, 6) is 4.94. The van der Waals surface area contributed by atoms with Gasteiger partial charge in [-0.2, -0.15) is 0 Å². The van der Waals surface area contributed by atoms with Crippen LogP contribution in [-0.2, 0) is 0 Å². The molecule has 0 aliphatic rings. The molecule has 1 heterocycles. The Balaban J connectivity index is 2.19. The fraction of sp³-hybridized carbons (Fsp3) is 0.0667. The van der Waals surface area contributed by atoms with Gasteiger partial charge in [0, 0.05) is 16.2 Å². The highest BCUT2D eigenvalue weighted by molar-refractivity contribution is 9.10. The van der Waals surface area contributed by atoms with Crippen molar-refractivity contribution in [3.05, 3.63) is 52.1 Å². The number of phenolic OH excluding ortho intramolecular Hbond substituents is 1. The number of nitrogens with one attached hydrogen (secondary N) is 1. The van der Waals surface area contributed by atoms with Crippen LogP contribution in [0.25, 0.3) is 0 Å². The number of aromatic nitrogens is 1. The van der Waals surface area contributed by atoms with E-state index in [0.29, 0.717) is 15.9 Å². The number of carbonyl (C=O) groups excluding carboxylic acids is 1. The summed E-state index contributed by atoms with van der Waals surface area (Å²) in [6.07, 6.45) is 1.50. The number of hydrogen-bond donors (Lipinski definition) is 3. The van der Waals surface area contributed by atoms with Crippen molar-refractivity contribution in [1.29, 1.82) is 0 Å². The minimum atomic E-state index is -0.472. The normalized spacial score (nSPS) is 9.62. The van der Waals surface area contributed by atoms with E-state index in [1.807, 2.05) is 0 Å². The van der Waals surface area contributed by atoms with Gasteiger partial charge in [-0.25, -0.2) is 4.98 Å². The lowest BCUT2D eigenvalue weighted by molar-refractivity contribution is 0.102. The molecule has 0 aliphatic heterocycles. The number of halogens is 1. The molecule has 0 atom stereocenters. The van der Waals surface area contributed by atoms with Crippen LogP contribution in [0.5, 0.6) is 5.75 Å². The van der Waals surface area contributed by atoms with Crippen molar-refractivity contribution in [2.24, 2.45) is 0 Å². The average Bonchev–Trinajstić information content (AvgIpc) is 2.45. The molecule has 21 heavy (non-hydrogen) atoms. The summed E-state index contributed by atoms with van der Waals surface area (Å²) in [4.78, 5) is 16.1. The molecule has 106 valence electrons. The van der Waals surface area contributed by atoms with E-state index in [2.05, 4.69) is 38.1 Å². The van der Waals surface area contributed by atoms with Gasteiger partial charge in [0.2, 0.25) is 0 Å². The number of aliphatic hydroxyl groups excluding tert-OH is 1. The smallest absolute Gasteiger partial charge is 0.260 e. The largest absolute Gasteiger partial charge is 0.507 e. The predicted octanol–water partition coefficient (Wildman–Crippen LogP) is 2.15. The van der Waals surface area contributed by atoms with Gasteiger partial charge in [0.05, 0.1) is 5.56 Å². The highest BCUT2D eigenvalue weighted by atomic mass is 79.9. The maximum atomic E-state index is 12.1. The number of benzene rings is 1. The SMILES string of the molecule is O=C(Nc1cc(C#CCO)ccn1)c1ccc(Br)cc1O. The topological polar surface area (TPSA) is 82.5 Å². The number of aromatic hydroxyl groups is 1. The number of hydrogen-bond acceptors (Lipinski definition) is 4. The molecule has 0 saturated heterocycles. The lowest BCUT2D eigenvalue weighted by atomic mass is 10.2. The van der Waals surface area contributed by atoms with Gasteiger partial charge in [0.25, 0.3) is 5.91 Å². The van der Waals surface area contributed by atoms with Crippen LogP contribution >= 0.6 is 15.9 Å². The zero-order valence-corrected chi connectivity index (χ0v) is 12.4. The monoisotopic (exact) mass is 346 g/mol. The Bertz CT molecular complexity index is 735. The molecule has 6 heteroatoms. The molecule has 0 bridgehead atoms. The number of amides is 1. The van der Waals surface area contributed by atoms with Crippen molar-refractivity contribution >= 4 is 27.7 Å². The minimum absolute atomic E-state index is 0.127. The molecule has 2 aromatic rings. The van der Waals surface area contributed by atoms with Crippen LogP contribution in [-0.4, -0.2) is 27.7 Å². The van der Waals surface area contributed by atoms with E-state index < -0.39 is 5.91 Å².